The van der Waals surface area contributed by atoms with Crippen molar-refractivity contribution in [1.29, 1.82) is 0 Å². The number of para-hydroxylation sites is 1. The quantitative estimate of drug-likeness (QED) is 0.290. The number of nitro groups is 1. The number of nitrogens with zero attached hydrogens (tertiary/aromatic N) is 1. The predicted octanol–water partition coefficient (Wildman–Crippen LogP) is 3.70. The lowest BCUT2D eigenvalue weighted by Crippen LogP contribution is -2.39. The largest absolute Gasteiger partial charge is 0.462 e. The second kappa shape index (κ2) is 10.0. The topological polar surface area (TPSA) is 111 Å². The maximum absolute atomic E-state index is 13.1. The highest BCUT2D eigenvalue weighted by Gasteiger charge is 2.40. The van der Waals surface area contributed by atoms with Gasteiger partial charge in [-0.05, 0) is 34.1 Å². The number of ether oxygens (including phenoxy) is 1. The zero-order valence-corrected chi connectivity index (χ0v) is 18.1. The summed E-state index contributed by atoms with van der Waals surface area (Å²) in [6, 6.07) is 6.03. The monoisotopic (exact) mass is 415 g/mol. The zero-order chi connectivity index (χ0) is 22.4. The van der Waals surface area contributed by atoms with Gasteiger partial charge in [0.15, 0.2) is 0 Å². The Morgan fingerprint density at radius 2 is 1.83 bits per heavy atom. The van der Waals surface area contributed by atoms with Gasteiger partial charge in [0, 0.05) is 34.6 Å². The SMILES string of the molecule is CCCCOC(=O)C1=C(C)NC(C)=C(C(=O)NC(C)C)C1c1ccccc1[N+](=O)[O-]. The maximum Gasteiger partial charge on any atom is 0.336 e. The van der Waals surface area contributed by atoms with E-state index in [-0.39, 0.29) is 41.0 Å². The minimum atomic E-state index is -0.916. The van der Waals surface area contributed by atoms with Crippen LogP contribution in [-0.4, -0.2) is 29.4 Å². The van der Waals surface area contributed by atoms with E-state index in [1.165, 1.54) is 6.07 Å². The molecule has 0 radical (unpaired) electrons. The van der Waals surface area contributed by atoms with Gasteiger partial charge in [-0.1, -0.05) is 31.5 Å². The fourth-order valence-electron chi connectivity index (χ4n) is 3.50. The van der Waals surface area contributed by atoms with Gasteiger partial charge in [-0.25, -0.2) is 4.79 Å². The summed E-state index contributed by atoms with van der Waals surface area (Å²) in [7, 11) is 0. The number of nitro benzene ring substituents is 1. The van der Waals surface area contributed by atoms with E-state index in [2.05, 4.69) is 10.6 Å². The summed E-state index contributed by atoms with van der Waals surface area (Å²) >= 11 is 0. The Morgan fingerprint density at radius 1 is 1.20 bits per heavy atom. The van der Waals surface area contributed by atoms with Gasteiger partial charge in [0.1, 0.15) is 0 Å². The second-order valence-electron chi connectivity index (χ2n) is 7.57. The molecule has 162 valence electrons. The summed E-state index contributed by atoms with van der Waals surface area (Å²) in [5.74, 6) is -1.89. The lowest BCUT2D eigenvalue weighted by atomic mass is 9.79. The van der Waals surface area contributed by atoms with Crippen molar-refractivity contribution in [2.45, 2.75) is 59.4 Å². The second-order valence-corrected chi connectivity index (χ2v) is 7.57. The van der Waals surface area contributed by atoms with Gasteiger partial charge in [-0.15, -0.1) is 0 Å². The highest BCUT2D eigenvalue weighted by Crippen LogP contribution is 2.42. The average molecular weight is 415 g/mol. The molecule has 1 aliphatic rings. The first-order chi connectivity index (χ1) is 14.2. The van der Waals surface area contributed by atoms with Crippen LogP contribution in [0.5, 0.6) is 0 Å². The summed E-state index contributed by atoms with van der Waals surface area (Å²) in [4.78, 5) is 37.3. The molecule has 0 spiro atoms. The Balaban J connectivity index is 2.66. The van der Waals surface area contributed by atoms with Crippen molar-refractivity contribution in [2.75, 3.05) is 6.61 Å². The molecule has 0 saturated carbocycles. The molecule has 0 aliphatic carbocycles. The molecule has 0 fully saturated rings. The number of dihydropyridines is 1. The molecular formula is C22H29N3O5. The van der Waals surface area contributed by atoms with E-state index in [1.54, 1.807) is 32.0 Å². The fraction of sp³-hybridized carbons (Fsp3) is 0.455. The Morgan fingerprint density at radius 3 is 2.43 bits per heavy atom. The Kier molecular flexibility index (Phi) is 7.74. The lowest BCUT2D eigenvalue weighted by molar-refractivity contribution is -0.385. The van der Waals surface area contributed by atoms with Crippen LogP contribution in [0.4, 0.5) is 5.69 Å². The van der Waals surface area contributed by atoms with Crippen LogP contribution in [-0.2, 0) is 14.3 Å². The molecule has 8 heteroatoms. The highest BCUT2D eigenvalue weighted by molar-refractivity contribution is 6.02. The third-order valence-corrected chi connectivity index (χ3v) is 4.82. The maximum atomic E-state index is 13.1. The Labute approximate surface area is 176 Å². The number of hydrogen-bond donors (Lipinski definition) is 2. The molecule has 2 N–H and O–H groups in total. The van der Waals surface area contributed by atoms with Gasteiger partial charge < -0.3 is 15.4 Å². The van der Waals surface area contributed by atoms with Crippen LogP contribution in [0.3, 0.4) is 0 Å². The molecule has 30 heavy (non-hydrogen) atoms. The van der Waals surface area contributed by atoms with Crippen molar-refractivity contribution in [3.05, 3.63) is 62.5 Å². The first-order valence-corrected chi connectivity index (χ1v) is 10.1. The van der Waals surface area contributed by atoms with Crippen LogP contribution in [0.2, 0.25) is 0 Å². The molecule has 1 aliphatic heterocycles. The number of esters is 1. The minimum Gasteiger partial charge on any atom is -0.462 e. The van der Waals surface area contributed by atoms with Crippen LogP contribution < -0.4 is 10.6 Å². The molecule has 8 nitrogen and oxygen atoms in total. The van der Waals surface area contributed by atoms with Gasteiger partial charge in [-0.3, -0.25) is 14.9 Å². The van der Waals surface area contributed by atoms with Crippen molar-refractivity contribution in [3.8, 4) is 0 Å². The number of allylic oxidation sites excluding steroid dienone is 2. The number of carbonyl (C=O) groups is 2. The molecule has 1 aromatic carbocycles. The van der Waals surface area contributed by atoms with E-state index < -0.39 is 16.8 Å². The number of carbonyl (C=O) groups excluding carboxylic acids is 2. The van der Waals surface area contributed by atoms with Gasteiger partial charge in [0.2, 0.25) is 5.91 Å². The van der Waals surface area contributed by atoms with Gasteiger partial charge in [0.25, 0.3) is 5.69 Å². The van der Waals surface area contributed by atoms with Crippen LogP contribution in [0.1, 0.15) is 58.9 Å². The number of hydrogen-bond acceptors (Lipinski definition) is 6. The summed E-state index contributed by atoms with van der Waals surface area (Å²) < 4.78 is 5.43. The first-order valence-electron chi connectivity index (χ1n) is 10.1. The lowest BCUT2D eigenvalue weighted by Gasteiger charge is -2.31. The van der Waals surface area contributed by atoms with E-state index in [4.69, 9.17) is 4.74 Å². The predicted molar refractivity (Wildman–Crippen MR) is 114 cm³/mol. The van der Waals surface area contributed by atoms with Crippen molar-refractivity contribution >= 4 is 17.6 Å². The molecule has 0 bridgehead atoms. The molecular weight excluding hydrogens is 386 g/mol. The van der Waals surface area contributed by atoms with Gasteiger partial charge in [-0.2, -0.15) is 0 Å². The third kappa shape index (κ3) is 5.06. The number of unbranched alkanes of at least 4 members (excludes halogenated alkanes) is 1. The van der Waals surface area contributed by atoms with Crippen LogP contribution in [0, 0.1) is 10.1 Å². The van der Waals surface area contributed by atoms with E-state index >= 15 is 0 Å². The standard InChI is InChI=1S/C22H29N3O5/c1-6-7-12-30-22(27)19-15(5)24-14(4)18(21(26)23-13(2)3)20(19)16-10-8-9-11-17(16)25(28)29/h8-11,13,20,24H,6-7,12H2,1-5H3,(H,23,26). The van der Waals surface area contributed by atoms with Crippen LogP contribution >= 0.6 is 0 Å². The van der Waals surface area contributed by atoms with Crippen molar-refractivity contribution in [1.82, 2.24) is 10.6 Å². The van der Waals surface area contributed by atoms with Crippen molar-refractivity contribution < 1.29 is 19.2 Å². The Hall–Kier alpha value is -3.16. The molecule has 1 aromatic rings. The number of amides is 1. The number of rotatable bonds is 8. The highest BCUT2D eigenvalue weighted by atomic mass is 16.6. The van der Waals surface area contributed by atoms with Gasteiger partial charge in [0.05, 0.1) is 23.0 Å². The van der Waals surface area contributed by atoms with E-state index in [0.29, 0.717) is 17.8 Å². The van der Waals surface area contributed by atoms with Crippen LogP contribution in [0.25, 0.3) is 0 Å². The van der Waals surface area contributed by atoms with Crippen LogP contribution in [0.15, 0.2) is 46.8 Å². The van der Waals surface area contributed by atoms with Crippen molar-refractivity contribution in [3.63, 3.8) is 0 Å². The van der Waals surface area contributed by atoms with Crippen molar-refractivity contribution in [2.24, 2.45) is 0 Å². The normalized spacial score (nSPS) is 16.4. The molecule has 1 amide bonds. The number of benzene rings is 1. The van der Waals surface area contributed by atoms with E-state index in [9.17, 15) is 19.7 Å². The third-order valence-electron chi connectivity index (χ3n) is 4.82. The van der Waals surface area contributed by atoms with E-state index in [0.717, 1.165) is 6.42 Å². The summed E-state index contributed by atoms with van der Waals surface area (Å²) in [6.45, 7) is 9.30. The van der Waals surface area contributed by atoms with E-state index in [1.807, 2.05) is 20.8 Å². The average Bonchev–Trinajstić information content (AvgIpc) is 2.66. The first kappa shape index (κ1) is 23.1. The molecule has 1 unspecified atom stereocenters. The minimum absolute atomic E-state index is 0.142. The summed E-state index contributed by atoms with van der Waals surface area (Å²) in [5.41, 5.74) is 1.65. The molecule has 0 saturated heterocycles. The number of nitrogens with one attached hydrogen (secondary N) is 2. The van der Waals surface area contributed by atoms with Gasteiger partial charge >= 0.3 is 5.97 Å². The Bertz CT molecular complexity index is 902. The molecule has 1 atom stereocenters. The zero-order valence-electron chi connectivity index (χ0n) is 18.1. The molecule has 0 aromatic heterocycles. The molecule has 2 rings (SSSR count). The summed E-state index contributed by atoms with van der Waals surface area (Å²) in [6.07, 6.45) is 1.56. The fourth-order valence-corrected chi connectivity index (χ4v) is 3.50. The molecule has 1 heterocycles. The summed E-state index contributed by atoms with van der Waals surface area (Å²) in [5, 5.41) is 17.6. The smallest absolute Gasteiger partial charge is 0.336 e.